The minimum Gasteiger partial charge on any atom is -0.459 e. The zero-order chi connectivity index (χ0) is 11.6. The summed E-state index contributed by atoms with van der Waals surface area (Å²) in [5.41, 5.74) is -0.957. The summed E-state index contributed by atoms with van der Waals surface area (Å²) in [5.74, 6) is -0.340. The van der Waals surface area contributed by atoms with E-state index in [2.05, 4.69) is 0 Å². The zero-order valence-electron chi connectivity index (χ0n) is 9.96. The van der Waals surface area contributed by atoms with E-state index in [4.69, 9.17) is 4.74 Å². The summed E-state index contributed by atoms with van der Waals surface area (Å²) in [4.78, 5) is 11.6. The van der Waals surface area contributed by atoms with Crippen LogP contribution in [-0.4, -0.2) is 30.6 Å². The minimum absolute atomic E-state index is 0.340. The second-order valence-electron chi connectivity index (χ2n) is 4.89. The van der Waals surface area contributed by atoms with Crippen molar-refractivity contribution in [2.24, 2.45) is 0 Å². The first-order valence-corrected chi connectivity index (χ1v) is 7.52. The SMILES string of the molecule is CCC(C(=O)OC(C)(C)C)P(C)(C)=O. The van der Waals surface area contributed by atoms with Crippen LogP contribution in [0.15, 0.2) is 0 Å². The van der Waals surface area contributed by atoms with Gasteiger partial charge >= 0.3 is 5.97 Å². The summed E-state index contributed by atoms with van der Waals surface area (Å²) < 4.78 is 17.0. The molecule has 14 heavy (non-hydrogen) atoms. The lowest BCUT2D eigenvalue weighted by Gasteiger charge is -2.25. The smallest absolute Gasteiger partial charge is 0.316 e. The number of carbonyl (C=O) groups is 1. The van der Waals surface area contributed by atoms with Crippen LogP contribution < -0.4 is 0 Å². The number of hydrogen-bond donors (Lipinski definition) is 0. The van der Waals surface area contributed by atoms with Crippen molar-refractivity contribution in [2.45, 2.75) is 45.4 Å². The third-order valence-corrected chi connectivity index (χ3v) is 3.89. The molecule has 0 fully saturated rings. The van der Waals surface area contributed by atoms with Crippen LogP contribution >= 0.6 is 7.14 Å². The van der Waals surface area contributed by atoms with Crippen LogP contribution in [0.2, 0.25) is 0 Å². The fourth-order valence-corrected chi connectivity index (χ4v) is 2.67. The van der Waals surface area contributed by atoms with Gasteiger partial charge in [0.1, 0.15) is 11.3 Å². The molecule has 84 valence electrons. The highest BCUT2D eigenvalue weighted by Crippen LogP contribution is 2.44. The molecule has 0 aromatic heterocycles. The van der Waals surface area contributed by atoms with Gasteiger partial charge < -0.3 is 9.30 Å². The predicted octanol–water partition coefficient (Wildman–Crippen LogP) is 2.73. The fourth-order valence-electron chi connectivity index (χ4n) is 1.23. The highest BCUT2D eigenvalue weighted by molar-refractivity contribution is 7.64. The molecule has 0 saturated heterocycles. The third-order valence-electron chi connectivity index (χ3n) is 1.82. The molecule has 0 bridgehead atoms. The van der Waals surface area contributed by atoms with Crippen molar-refractivity contribution in [1.82, 2.24) is 0 Å². The van der Waals surface area contributed by atoms with E-state index in [0.29, 0.717) is 6.42 Å². The Balaban J connectivity index is 4.58. The van der Waals surface area contributed by atoms with E-state index in [1.807, 2.05) is 27.7 Å². The molecule has 0 aliphatic heterocycles. The molecule has 1 atom stereocenters. The fraction of sp³-hybridized carbons (Fsp3) is 0.900. The normalized spacial score (nSPS) is 15.0. The van der Waals surface area contributed by atoms with Crippen LogP contribution in [0.1, 0.15) is 34.1 Å². The van der Waals surface area contributed by atoms with Gasteiger partial charge in [0.25, 0.3) is 0 Å². The largest absolute Gasteiger partial charge is 0.459 e. The monoisotopic (exact) mass is 220 g/mol. The maximum Gasteiger partial charge on any atom is 0.316 e. The van der Waals surface area contributed by atoms with Crippen molar-refractivity contribution >= 4 is 13.1 Å². The summed E-state index contributed by atoms with van der Waals surface area (Å²) in [6.07, 6.45) is 0.569. The van der Waals surface area contributed by atoms with Crippen LogP contribution in [0, 0.1) is 0 Å². The molecule has 0 N–H and O–H groups in total. The van der Waals surface area contributed by atoms with Gasteiger partial charge in [0.15, 0.2) is 0 Å². The molecule has 0 aromatic carbocycles. The first kappa shape index (κ1) is 13.7. The molecule has 1 unspecified atom stereocenters. The number of esters is 1. The Morgan fingerprint density at radius 2 is 1.79 bits per heavy atom. The second kappa shape index (κ2) is 4.48. The molecular weight excluding hydrogens is 199 g/mol. The van der Waals surface area contributed by atoms with E-state index in [0.717, 1.165) is 0 Å². The highest BCUT2D eigenvalue weighted by atomic mass is 31.2. The quantitative estimate of drug-likeness (QED) is 0.542. The van der Waals surface area contributed by atoms with Gasteiger partial charge in [-0.3, -0.25) is 4.79 Å². The average Bonchev–Trinajstić information content (AvgIpc) is 1.79. The zero-order valence-corrected chi connectivity index (χ0v) is 10.9. The van der Waals surface area contributed by atoms with Crippen molar-refractivity contribution in [3.8, 4) is 0 Å². The van der Waals surface area contributed by atoms with E-state index in [1.165, 1.54) is 0 Å². The van der Waals surface area contributed by atoms with Gasteiger partial charge in [0, 0.05) is 0 Å². The van der Waals surface area contributed by atoms with Gasteiger partial charge in [-0.15, -0.1) is 0 Å². The first-order chi connectivity index (χ1) is 6.08. The van der Waals surface area contributed by atoms with E-state index in [1.54, 1.807) is 13.3 Å². The van der Waals surface area contributed by atoms with Crippen LogP contribution in [0.3, 0.4) is 0 Å². The van der Waals surface area contributed by atoms with Crippen LogP contribution in [0.4, 0.5) is 0 Å². The lowest BCUT2D eigenvalue weighted by molar-refractivity contribution is -0.154. The number of ether oxygens (including phenoxy) is 1. The van der Waals surface area contributed by atoms with Crippen molar-refractivity contribution in [3.63, 3.8) is 0 Å². The summed E-state index contributed by atoms with van der Waals surface area (Å²) in [6, 6.07) is 0. The van der Waals surface area contributed by atoms with Crippen LogP contribution in [0.25, 0.3) is 0 Å². The molecule has 4 heteroatoms. The summed E-state index contributed by atoms with van der Waals surface area (Å²) in [7, 11) is -2.39. The third kappa shape index (κ3) is 4.80. The van der Waals surface area contributed by atoms with Crippen LogP contribution in [-0.2, 0) is 14.1 Å². The molecular formula is C10H21O3P. The van der Waals surface area contributed by atoms with Crippen LogP contribution in [0.5, 0.6) is 0 Å². The Bertz CT molecular complexity index is 247. The molecule has 0 aliphatic rings. The molecule has 0 aromatic rings. The van der Waals surface area contributed by atoms with Gasteiger partial charge in [-0.1, -0.05) is 6.92 Å². The highest BCUT2D eigenvalue weighted by Gasteiger charge is 2.32. The molecule has 0 rings (SSSR count). The van der Waals surface area contributed by atoms with Gasteiger partial charge in [-0.05, 0) is 40.5 Å². The Hall–Kier alpha value is -0.300. The lowest BCUT2D eigenvalue weighted by Crippen LogP contribution is -2.31. The Morgan fingerprint density at radius 3 is 2.00 bits per heavy atom. The molecule has 0 spiro atoms. The average molecular weight is 220 g/mol. The Kier molecular flexibility index (Phi) is 4.38. The Morgan fingerprint density at radius 1 is 1.36 bits per heavy atom. The van der Waals surface area contributed by atoms with Crippen molar-refractivity contribution in [1.29, 1.82) is 0 Å². The van der Waals surface area contributed by atoms with Crippen molar-refractivity contribution in [3.05, 3.63) is 0 Å². The van der Waals surface area contributed by atoms with Crippen molar-refractivity contribution < 1.29 is 14.1 Å². The van der Waals surface area contributed by atoms with Crippen molar-refractivity contribution in [2.75, 3.05) is 13.3 Å². The molecule has 0 radical (unpaired) electrons. The van der Waals surface area contributed by atoms with Gasteiger partial charge in [-0.25, -0.2) is 0 Å². The van der Waals surface area contributed by atoms with E-state index in [-0.39, 0.29) is 5.97 Å². The van der Waals surface area contributed by atoms with E-state index < -0.39 is 18.4 Å². The topological polar surface area (TPSA) is 43.4 Å². The van der Waals surface area contributed by atoms with Gasteiger partial charge in [0.2, 0.25) is 0 Å². The van der Waals surface area contributed by atoms with Gasteiger partial charge in [-0.2, -0.15) is 0 Å². The number of rotatable bonds is 3. The van der Waals surface area contributed by atoms with Gasteiger partial charge in [0.05, 0.1) is 7.14 Å². The number of hydrogen-bond acceptors (Lipinski definition) is 3. The maximum absolute atomic E-state index is 11.8. The number of carbonyl (C=O) groups excluding carboxylic acids is 1. The maximum atomic E-state index is 11.8. The summed E-state index contributed by atoms with van der Waals surface area (Å²) >= 11 is 0. The summed E-state index contributed by atoms with van der Waals surface area (Å²) in [6.45, 7) is 10.6. The summed E-state index contributed by atoms with van der Waals surface area (Å²) in [5, 5.41) is 0. The molecule has 3 nitrogen and oxygen atoms in total. The first-order valence-electron chi connectivity index (χ1n) is 4.85. The molecule has 0 amide bonds. The Labute approximate surface area is 86.6 Å². The molecule has 0 saturated carbocycles. The predicted molar refractivity (Wildman–Crippen MR) is 59.4 cm³/mol. The van der Waals surface area contributed by atoms with E-state index in [9.17, 15) is 9.36 Å². The van der Waals surface area contributed by atoms with E-state index >= 15 is 0 Å². The lowest BCUT2D eigenvalue weighted by atomic mass is 10.2. The minimum atomic E-state index is -2.39. The molecule has 0 aliphatic carbocycles. The molecule has 0 heterocycles. The second-order valence-corrected chi connectivity index (χ2v) is 8.38. The standard InChI is InChI=1S/C10H21O3P/c1-7-8(14(5,6)12)9(11)13-10(2,3)4/h8H,7H2,1-6H3.